The molecule has 3 aromatic carbocycles. The molecular formula is C36H52N2O2. The lowest BCUT2D eigenvalue weighted by Crippen LogP contribution is -2.22. The summed E-state index contributed by atoms with van der Waals surface area (Å²) in [7, 11) is 0. The van der Waals surface area contributed by atoms with E-state index >= 15 is 0 Å². The molecule has 0 aromatic heterocycles. The highest BCUT2D eigenvalue weighted by Crippen LogP contribution is 2.52. The highest BCUT2D eigenvalue weighted by molar-refractivity contribution is 5.90. The van der Waals surface area contributed by atoms with Crippen molar-refractivity contribution in [3.05, 3.63) is 69.8 Å². The van der Waals surface area contributed by atoms with Crippen molar-refractivity contribution in [2.75, 3.05) is 10.6 Å². The van der Waals surface area contributed by atoms with Gasteiger partial charge >= 0.3 is 0 Å². The van der Waals surface area contributed by atoms with Gasteiger partial charge in [0.2, 0.25) is 0 Å². The third kappa shape index (κ3) is 6.11. The van der Waals surface area contributed by atoms with Crippen molar-refractivity contribution < 1.29 is 10.2 Å². The van der Waals surface area contributed by atoms with Crippen LogP contribution in [0, 0.1) is 13.8 Å². The van der Waals surface area contributed by atoms with E-state index in [1.54, 1.807) is 0 Å². The molecule has 40 heavy (non-hydrogen) atoms. The number of aromatic hydroxyl groups is 2. The number of nitrogens with zero attached hydrogens (tertiary/aromatic N) is 1. The van der Waals surface area contributed by atoms with Gasteiger partial charge in [-0.15, -0.1) is 0 Å². The molecule has 0 bridgehead atoms. The second-order valence-electron chi connectivity index (χ2n) is 15.6. The average Bonchev–Trinajstić information content (AvgIpc) is 2.76. The predicted octanol–water partition coefficient (Wildman–Crippen LogP) is 9.96. The molecule has 4 nitrogen and oxygen atoms in total. The van der Waals surface area contributed by atoms with Crippen LogP contribution in [0.1, 0.15) is 116 Å². The van der Waals surface area contributed by atoms with Gasteiger partial charge in [0.25, 0.3) is 0 Å². The molecule has 4 heteroatoms. The number of hydrogen-bond acceptors (Lipinski definition) is 4. The number of phenols is 2. The monoisotopic (exact) mass is 544 g/mol. The van der Waals surface area contributed by atoms with Crippen molar-refractivity contribution in [3.8, 4) is 11.5 Å². The molecule has 0 saturated heterocycles. The Morgan fingerprint density at radius 2 is 0.850 bits per heavy atom. The van der Waals surface area contributed by atoms with Crippen molar-refractivity contribution in [2.24, 2.45) is 0 Å². The van der Waals surface area contributed by atoms with Crippen LogP contribution in [0.3, 0.4) is 0 Å². The van der Waals surface area contributed by atoms with E-state index in [9.17, 15) is 10.2 Å². The number of aryl methyl sites for hydroxylation is 2. The summed E-state index contributed by atoms with van der Waals surface area (Å²) in [6.07, 6.45) is 0. The topological polar surface area (TPSA) is 69.7 Å². The van der Waals surface area contributed by atoms with E-state index in [0.29, 0.717) is 17.1 Å². The number of benzene rings is 3. The third-order valence-corrected chi connectivity index (χ3v) is 7.89. The predicted molar refractivity (Wildman–Crippen MR) is 173 cm³/mol. The van der Waals surface area contributed by atoms with E-state index in [4.69, 9.17) is 5.73 Å². The van der Waals surface area contributed by atoms with Gasteiger partial charge < -0.3 is 20.8 Å². The fourth-order valence-electron chi connectivity index (χ4n) is 4.99. The molecule has 0 heterocycles. The lowest BCUT2D eigenvalue weighted by atomic mass is 9.78. The van der Waals surface area contributed by atoms with E-state index in [-0.39, 0.29) is 33.2 Å². The van der Waals surface area contributed by atoms with Crippen molar-refractivity contribution >= 4 is 22.7 Å². The highest BCUT2D eigenvalue weighted by atomic mass is 16.3. The quantitative estimate of drug-likeness (QED) is 0.287. The fourth-order valence-corrected chi connectivity index (χ4v) is 4.99. The molecule has 0 radical (unpaired) electrons. The maximum absolute atomic E-state index is 12.0. The smallest absolute Gasteiger partial charge is 0.143 e. The first kappa shape index (κ1) is 31.4. The molecule has 0 atom stereocenters. The standard InChI is InChI=1S/C36H52N2O2/c1-21-15-27(37)28(16-22(21)2)38(29-19-23(33(3,4)5)17-25(31(29)39)35(9,10)11)30-20-24(34(6,7)8)18-26(32(30)40)36(12,13)14/h15-20,39-40H,37H2,1-14H3. The van der Waals surface area contributed by atoms with Gasteiger partial charge in [-0.3, -0.25) is 0 Å². The van der Waals surface area contributed by atoms with Crippen LogP contribution in [-0.4, -0.2) is 10.2 Å². The minimum atomic E-state index is -0.313. The van der Waals surface area contributed by atoms with Crippen LogP contribution in [0.25, 0.3) is 0 Å². The Labute approximate surface area is 243 Å². The molecule has 4 N–H and O–H groups in total. The summed E-state index contributed by atoms with van der Waals surface area (Å²) in [5.74, 6) is 0.381. The molecule has 3 aromatic rings. The molecule has 0 amide bonds. The van der Waals surface area contributed by atoms with Crippen molar-refractivity contribution in [3.63, 3.8) is 0 Å². The zero-order valence-electron chi connectivity index (χ0n) is 27.4. The van der Waals surface area contributed by atoms with Gasteiger partial charge in [-0.05, 0) is 82.0 Å². The van der Waals surface area contributed by atoms with Gasteiger partial charge in [-0.2, -0.15) is 0 Å². The van der Waals surface area contributed by atoms with Gasteiger partial charge in [-0.1, -0.05) is 95.2 Å². The lowest BCUT2D eigenvalue weighted by Gasteiger charge is -2.35. The minimum absolute atomic E-state index is 0.172. The first-order chi connectivity index (χ1) is 17.9. The van der Waals surface area contributed by atoms with Gasteiger partial charge in [0, 0.05) is 11.1 Å². The van der Waals surface area contributed by atoms with Crippen molar-refractivity contribution in [1.29, 1.82) is 0 Å². The summed E-state index contributed by atoms with van der Waals surface area (Å²) < 4.78 is 0. The summed E-state index contributed by atoms with van der Waals surface area (Å²) in [6.45, 7) is 29.9. The van der Waals surface area contributed by atoms with Gasteiger partial charge in [-0.25, -0.2) is 0 Å². The van der Waals surface area contributed by atoms with Gasteiger partial charge in [0.1, 0.15) is 11.5 Å². The van der Waals surface area contributed by atoms with Crippen LogP contribution in [0.2, 0.25) is 0 Å². The maximum Gasteiger partial charge on any atom is 0.143 e. The SMILES string of the molecule is Cc1cc(N)c(N(c2cc(C(C)(C)C)cc(C(C)(C)C)c2O)c2cc(C(C)(C)C)cc(C(C)(C)C)c2O)cc1C. The van der Waals surface area contributed by atoms with Crippen LogP contribution in [-0.2, 0) is 21.7 Å². The van der Waals surface area contributed by atoms with Crippen LogP contribution < -0.4 is 10.6 Å². The first-order valence-electron chi connectivity index (χ1n) is 14.4. The summed E-state index contributed by atoms with van der Waals surface area (Å²) in [5.41, 5.74) is 14.4. The second-order valence-corrected chi connectivity index (χ2v) is 15.6. The molecule has 0 aliphatic carbocycles. The van der Waals surface area contributed by atoms with Crippen LogP contribution >= 0.6 is 0 Å². The van der Waals surface area contributed by atoms with Crippen LogP contribution in [0.15, 0.2) is 36.4 Å². The van der Waals surface area contributed by atoms with E-state index in [2.05, 4.69) is 120 Å². The molecule has 0 spiro atoms. The van der Waals surface area contributed by atoms with Crippen molar-refractivity contribution in [1.82, 2.24) is 0 Å². The summed E-state index contributed by atoms with van der Waals surface area (Å²) in [5, 5.41) is 24.0. The Morgan fingerprint density at radius 3 is 1.18 bits per heavy atom. The molecule has 0 unspecified atom stereocenters. The van der Waals surface area contributed by atoms with Gasteiger partial charge in [0.15, 0.2) is 0 Å². The van der Waals surface area contributed by atoms with Crippen molar-refractivity contribution in [2.45, 2.75) is 119 Å². The number of phenolic OH excluding ortho intramolecular Hbond substituents is 2. The number of hydrogen-bond donors (Lipinski definition) is 3. The van der Waals surface area contributed by atoms with E-state index in [1.807, 2.05) is 17.9 Å². The molecule has 0 aliphatic rings. The molecular weight excluding hydrogens is 492 g/mol. The normalized spacial score (nSPS) is 13.1. The van der Waals surface area contributed by atoms with Gasteiger partial charge in [0.05, 0.1) is 22.7 Å². The van der Waals surface area contributed by atoms with E-state index in [1.165, 1.54) is 0 Å². The molecule has 3 rings (SSSR count). The largest absolute Gasteiger partial charge is 0.505 e. The first-order valence-corrected chi connectivity index (χ1v) is 14.4. The Balaban J connectivity index is 2.63. The second kappa shape index (κ2) is 10.0. The molecule has 218 valence electrons. The number of rotatable bonds is 3. The van der Waals surface area contributed by atoms with E-state index < -0.39 is 0 Å². The zero-order chi connectivity index (χ0) is 30.7. The third-order valence-electron chi connectivity index (χ3n) is 7.89. The van der Waals surface area contributed by atoms with Crippen LogP contribution in [0.5, 0.6) is 11.5 Å². The molecule has 0 fully saturated rings. The van der Waals surface area contributed by atoms with E-state index in [0.717, 1.165) is 39.1 Å². The Bertz CT molecular complexity index is 1340. The minimum Gasteiger partial charge on any atom is -0.505 e. The zero-order valence-corrected chi connectivity index (χ0v) is 27.4. The summed E-state index contributed by atoms with van der Waals surface area (Å²) in [6, 6.07) is 12.4. The Hall–Kier alpha value is -3.14. The molecule has 0 aliphatic heterocycles. The highest BCUT2D eigenvalue weighted by Gasteiger charge is 2.33. The number of anilines is 4. The number of nitrogen functional groups attached to an aromatic ring is 1. The lowest BCUT2D eigenvalue weighted by molar-refractivity contribution is 0.442. The Morgan fingerprint density at radius 1 is 0.500 bits per heavy atom. The average molecular weight is 545 g/mol. The maximum atomic E-state index is 12.0. The van der Waals surface area contributed by atoms with Crippen LogP contribution in [0.4, 0.5) is 22.7 Å². The summed E-state index contributed by atoms with van der Waals surface area (Å²) >= 11 is 0. The summed E-state index contributed by atoms with van der Waals surface area (Å²) in [4.78, 5) is 1.97. The fraction of sp³-hybridized carbons (Fsp3) is 0.500. The molecule has 0 saturated carbocycles. The Kier molecular flexibility index (Phi) is 7.88. The number of nitrogens with two attached hydrogens (primary N) is 1.